The van der Waals surface area contributed by atoms with Crippen molar-refractivity contribution in [1.29, 1.82) is 0 Å². The van der Waals surface area contributed by atoms with E-state index >= 15 is 0 Å². The molecule has 0 radical (unpaired) electrons. The largest absolute Gasteiger partial charge is 0.504 e. The van der Waals surface area contributed by atoms with Crippen molar-refractivity contribution in [1.82, 2.24) is 4.57 Å². The van der Waals surface area contributed by atoms with Gasteiger partial charge in [0.1, 0.15) is 0 Å². The minimum Gasteiger partial charge on any atom is -0.504 e. The third-order valence-electron chi connectivity index (χ3n) is 7.10. The van der Waals surface area contributed by atoms with E-state index in [0.29, 0.717) is 26.6 Å². The van der Waals surface area contributed by atoms with Crippen LogP contribution in [0.5, 0.6) is 23.0 Å². The van der Waals surface area contributed by atoms with Gasteiger partial charge < -0.3 is 19.3 Å². The first kappa shape index (κ1) is 24.1. The first-order valence-electron chi connectivity index (χ1n) is 12.2. The number of fused-ring (bicyclic) bond motifs is 3. The van der Waals surface area contributed by atoms with Crippen LogP contribution >= 0.6 is 11.3 Å². The minimum atomic E-state index is -0.328. The summed E-state index contributed by atoms with van der Waals surface area (Å²) in [6.45, 7) is 0. The van der Waals surface area contributed by atoms with Crippen molar-refractivity contribution >= 4 is 23.1 Å². The van der Waals surface area contributed by atoms with E-state index in [9.17, 15) is 9.90 Å². The maximum absolute atomic E-state index is 13.9. The van der Waals surface area contributed by atoms with Crippen LogP contribution in [0.2, 0.25) is 0 Å². The van der Waals surface area contributed by atoms with E-state index in [1.807, 2.05) is 30.3 Å². The summed E-state index contributed by atoms with van der Waals surface area (Å²) < 4.78 is 18.7. The number of aromatic hydroxyl groups is 1. The molecule has 0 saturated carbocycles. The Bertz CT molecular complexity index is 1780. The first-order valence-corrected chi connectivity index (χ1v) is 13.1. The Morgan fingerprint density at radius 1 is 0.947 bits per heavy atom. The van der Waals surface area contributed by atoms with E-state index in [1.54, 1.807) is 37.0 Å². The summed E-state index contributed by atoms with van der Waals surface area (Å²) in [7, 11) is 4.72. The molecule has 1 aliphatic carbocycles. The SMILES string of the molecule is COc1cc(C=c2sc3n(c2=O)C(c2ccc(OC)c(OC)c2)C2=C(N=3)c3ccccc3CC2)ccc1O. The topological polar surface area (TPSA) is 82.3 Å². The molecule has 0 amide bonds. The quantitative estimate of drug-likeness (QED) is 0.424. The molecular formula is C30H26N2O5S. The van der Waals surface area contributed by atoms with Crippen molar-refractivity contribution < 1.29 is 19.3 Å². The standard InChI is InChI=1S/C30H26N2O5S/c1-35-23-13-10-19(16-25(23)37-3)28-21-11-9-18-6-4-5-7-20(18)27(21)31-30-32(28)29(34)26(38-30)15-17-8-12-22(33)24(14-17)36-2/h4-8,10,12-16,28,33H,9,11H2,1-3H3. The maximum Gasteiger partial charge on any atom is 0.271 e. The number of methoxy groups -OCH3 is 3. The monoisotopic (exact) mass is 526 g/mol. The highest BCUT2D eigenvalue weighted by molar-refractivity contribution is 7.07. The normalized spacial score (nSPS) is 16.3. The van der Waals surface area contributed by atoms with Gasteiger partial charge in [-0.2, -0.15) is 0 Å². The molecule has 38 heavy (non-hydrogen) atoms. The number of benzene rings is 3. The van der Waals surface area contributed by atoms with E-state index in [2.05, 4.69) is 18.2 Å². The maximum atomic E-state index is 13.9. The number of hydrogen-bond acceptors (Lipinski definition) is 7. The second kappa shape index (κ2) is 9.54. The lowest BCUT2D eigenvalue weighted by Crippen LogP contribution is -2.38. The van der Waals surface area contributed by atoms with Gasteiger partial charge in [0.2, 0.25) is 0 Å². The predicted molar refractivity (Wildman–Crippen MR) is 147 cm³/mol. The van der Waals surface area contributed by atoms with Crippen molar-refractivity contribution in [3.63, 3.8) is 0 Å². The Morgan fingerprint density at radius 3 is 2.53 bits per heavy atom. The molecule has 0 saturated heterocycles. The summed E-state index contributed by atoms with van der Waals surface area (Å²) in [5, 5.41) is 9.99. The molecule has 8 heteroatoms. The molecule has 1 aliphatic heterocycles. The summed E-state index contributed by atoms with van der Waals surface area (Å²) in [5.74, 6) is 1.64. The predicted octanol–water partition coefficient (Wildman–Crippen LogP) is 4.05. The first-order chi connectivity index (χ1) is 18.5. The van der Waals surface area contributed by atoms with Crippen molar-refractivity contribution in [3.8, 4) is 23.0 Å². The van der Waals surface area contributed by atoms with E-state index in [1.165, 1.54) is 24.0 Å². The highest BCUT2D eigenvalue weighted by atomic mass is 32.1. The smallest absolute Gasteiger partial charge is 0.271 e. The molecule has 2 aliphatic rings. The molecule has 0 bridgehead atoms. The molecular weight excluding hydrogens is 500 g/mol. The van der Waals surface area contributed by atoms with Crippen molar-refractivity contribution in [2.45, 2.75) is 18.9 Å². The van der Waals surface area contributed by atoms with Gasteiger partial charge in [0.15, 0.2) is 27.8 Å². The van der Waals surface area contributed by atoms with Crippen LogP contribution in [0.3, 0.4) is 0 Å². The molecule has 192 valence electrons. The Kier molecular flexibility index (Phi) is 6.04. The fourth-order valence-electron chi connectivity index (χ4n) is 5.28. The minimum absolute atomic E-state index is 0.0471. The average molecular weight is 527 g/mol. The highest BCUT2D eigenvalue weighted by Gasteiger charge is 2.33. The lowest BCUT2D eigenvalue weighted by Gasteiger charge is -2.31. The molecule has 0 fully saturated rings. The molecule has 1 unspecified atom stereocenters. The van der Waals surface area contributed by atoms with Gasteiger partial charge in [0.05, 0.1) is 37.6 Å². The highest BCUT2D eigenvalue weighted by Crippen LogP contribution is 2.42. The fraction of sp³-hybridized carbons (Fsp3) is 0.200. The van der Waals surface area contributed by atoms with Gasteiger partial charge in [0, 0.05) is 5.56 Å². The lowest BCUT2D eigenvalue weighted by atomic mass is 9.83. The van der Waals surface area contributed by atoms with Gasteiger partial charge in [-0.3, -0.25) is 9.36 Å². The number of allylic oxidation sites excluding steroid dienone is 1. The summed E-state index contributed by atoms with van der Waals surface area (Å²) in [6, 6.07) is 18.8. The molecule has 1 N–H and O–H groups in total. The molecule has 1 atom stereocenters. The molecule has 6 rings (SSSR count). The second-order valence-electron chi connectivity index (χ2n) is 9.16. The lowest BCUT2D eigenvalue weighted by molar-refractivity contribution is 0.354. The van der Waals surface area contributed by atoms with Crippen LogP contribution in [0.15, 0.2) is 76.0 Å². The Hall–Kier alpha value is -4.30. The van der Waals surface area contributed by atoms with Crippen molar-refractivity contribution in [3.05, 3.63) is 108 Å². The van der Waals surface area contributed by atoms with Crippen molar-refractivity contribution in [2.24, 2.45) is 4.99 Å². The van der Waals surface area contributed by atoms with E-state index in [0.717, 1.165) is 40.8 Å². The number of phenols is 1. The molecule has 4 aromatic rings. The number of nitrogens with zero attached hydrogens (tertiary/aromatic N) is 2. The van der Waals surface area contributed by atoms with Gasteiger partial charge in [-0.05, 0) is 65.4 Å². The summed E-state index contributed by atoms with van der Waals surface area (Å²) in [4.78, 5) is 19.6. The van der Waals surface area contributed by atoms with Crippen LogP contribution in [0.25, 0.3) is 11.8 Å². The van der Waals surface area contributed by atoms with Crippen LogP contribution in [0.1, 0.15) is 34.7 Å². The van der Waals surface area contributed by atoms with Crippen molar-refractivity contribution in [2.75, 3.05) is 21.3 Å². The molecule has 2 heterocycles. The number of aromatic nitrogens is 1. The van der Waals surface area contributed by atoms with Crippen LogP contribution in [0, 0.1) is 0 Å². The zero-order valence-corrected chi connectivity index (χ0v) is 22.0. The zero-order valence-electron chi connectivity index (χ0n) is 21.2. The number of aryl methyl sites for hydroxylation is 1. The van der Waals surface area contributed by atoms with Gasteiger partial charge >= 0.3 is 0 Å². The van der Waals surface area contributed by atoms with E-state index in [4.69, 9.17) is 19.2 Å². The van der Waals surface area contributed by atoms with Gasteiger partial charge in [-0.25, -0.2) is 4.99 Å². The van der Waals surface area contributed by atoms with Gasteiger partial charge in [-0.15, -0.1) is 0 Å². The average Bonchev–Trinajstić information content (AvgIpc) is 3.26. The molecule has 1 aromatic heterocycles. The number of ether oxygens (including phenoxy) is 3. The number of phenolic OH excluding ortho intramolecular Hbond substituents is 1. The summed E-state index contributed by atoms with van der Waals surface area (Å²) >= 11 is 1.36. The van der Waals surface area contributed by atoms with Crippen LogP contribution < -0.4 is 29.1 Å². The summed E-state index contributed by atoms with van der Waals surface area (Å²) in [6.07, 6.45) is 3.49. The van der Waals surface area contributed by atoms with Gasteiger partial charge in [0.25, 0.3) is 5.56 Å². The molecule has 7 nitrogen and oxygen atoms in total. The van der Waals surface area contributed by atoms with Crippen LogP contribution in [-0.2, 0) is 6.42 Å². The van der Waals surface area contributed by atoms with Crippen LogP contribution in [-0.4, -0.2) is 31.0 Å². The van der Waals surface area contributed by atoms with Gasteiger partial charge in [-0.1, -0.05) is 47.7 Å². The number of thiazole rings is 1. The molecule has 3 aromatic carbocycles. The van der Waals surface area contributed by atoms with E-state index in [-0.39, 0.29) is 17.4 Å². The Balaban J connectivity index is 1.60. The zero-order chi connectivity index (χ0) is 26.4. The Labute approximate surface area is 223 Å². The van der Waals surface area contributed by atoms with E-state index < -0.39 is 0 Å². The number of hydrogen-bond donors (Lipinski definition) is 1. The third kappa shape index (κ3) is 3.88. The van der Waals surface area contributed by atoms with Crippen LogP contribution in [0.4, 0.5) is 0 Å². The Morgan fingerprint density at radius 2 is 1.74 bits per heavy atom. The molecule has 0 spiro atoms. The summed E-state index contributed by atoms with van der Waals surface area (Å²) in [5.41, 5.74) is 5.99. The number of rotatable bonds is 5. The fourth-order valence-corrected chi connectivity index (χ4v) is 6.28. The third-order valence-corrected chi connectivity index (χ3v) is 8.08. The second-order valence-corrected chi connectivity index (χ2v) is 10.2.